The maximum atomic E-state index is 12.4. The molecule has 0 aliphatic heterocycles. The second-order valence-electron chi connectivity index (χ2n) is 6.14. The molecule has 0 spiro atoms. The van der Waals surface area contributed by atoms with Gasteiger partial charge in [-0.3, -0.25) is 9.36 Å². The van der Waals surface area contributed by atoms with E-state index in [1.165, 1.54) is 5.56 Å². The van der Waals surface area contributed by atoms with Crippen LogP contribution >= 0.6 is 0 Å². The summed E-state index contributed by atoms with van der Waals surface area (Å²) < 4.78 is 1.71. The van der Waals surface area contributed by atoms with Crippen LogP contribution in [-0.4, -0.2) is 22.1 Å². The van der Waals surface area contributed by atoms with Gasteiger partial charge in [0.25, 0.3) is 5.56 Å². The third-order valence-corrected chi connectivity index (χ3v) is 4.28. The predicted molar refractivity (Wildman–Crippen MR) is 98.2 cm³/mol. The van der Waals surface area contributed by atoms with E-state index in [0.717, 1.165) is 24.9 Å². The molecule has 2 aromatic carbocycles. The first-order chi connectivity index (χ1) is 11.7. The van der Waals surface area contributed by atoms with Crippen LogP contribution in [0.25, 0.3) is 10.9 Å². The minimum atomic E-state index is 0.0390. The number of benzene rings is 2. The van der Waals surface area contributed by atoms with Crippen molar-refractivity contribution in [3.63, 3.8) is 0 Å². The lowest BCUT2D eigenvalue weighted by atomic mass is 10.1. The van der Waals surface area contributed by atoms with Crippen LogP contribution in [0, 0.1) is 0 Å². The topological polar surface area (TPSA) is 46.9 Å². The number of aryl methyl sites for hydroxylation is 1. The van der Waals surface area contributed by atoms with E-state index in [1.54, 1.807) is 10.9 Å². The minimum Gasteiger partial charge on any atom is -0.314 e. The average molecular weight is 321 g/mol. The second kappa shape index (κ2) is 7.88. The molecule has 4 heteroatoms. The quantitative estimate of drug-likeness (QED) is 0.728. The van der Waals surface area contributed by atoms with Crippen molar-refractivity contribution in [2.24, 2.45) is 0 Å². The van der Waals surface area contributed by atoms with Gasteiger partial charge in [0.15, 0.2) is 0 Å². The van der Waals surface area contributed by atoms with Crippen molar-refractivity contribution in [2.45, 2.75) is 32.4 Å². The summed E-state index contributed by atoms with van der Waals surface area (Å²) in [6.07, 6.45) is 3.57. The number of hydrogen-bond acceptors (Lipinski definition) is 3. The Kier molecular flexibility index (Phi) is 5.39. The van der Waals surface area contributed by atoms with Crippen LogP contribution in [0.15, 0.2) is 65.7 Å². The Morgan fingerprint density at radius 3 is 2.67 bits per heavy atom. The van der Waals surface area contributed by atoms with Gasteiger partial charge in [-0.2, -0.15) is 0 Å². The van der Waals surface area contributed by atoms with Gasteiger partial charge >= 0.3 is 0 Å². The molecule has 0 radical (unpaired) electrons. The largest absolute Gasteiger partial charge is 0.314 e. The second-order valence-corrected chi connectivity index (χ2v) is 6.14. The van der Waals surface area contributed by atoms with Crippen LogP contribution in [-0.2, 0) is 13.0 Å². The molecular weight excluding hydrogens is 298 g/mol. The van der Waals surface area contributed by atoms with Crippen molar-refractivity contribution in [3.8, 4) is 0 Å². The van der Waals surface area contributed by atoms with Crippen molar-refractivity contribution in [3.05, 3.63) is 76.8 Å². The van der Waals surface area contributed by atoms with Crippen LogP contribution in [0.1, 0.15) is 18.9 Å². The standard InChI is InChI=1S/C20H23N3O/c1-16(21-13-11-17-7-3-2-4-8-17)12-14-23-15-22-19-10-6-5-9-18(19)20(23)24/h2-10,15-16,21H,11-14H2,1H3. The zero-order valence-electron chi connectivity index (χ0n) is 14.0. The van der Waals surface area contributed by atoms with Gasteiger partial charge in [-0.15, -0.1) is 0 Å². The fraction of sp³-hybridized carbons (Fsp3) is 0.300. The number of aromatic nitrogens is 2. The highest BCUT2D eigenvalue weighted by Gasteiger charge is 2.06. The van der Waals surface area contributed by atoms with Crippen molar-refractivity contribution >= 4 is 10.9 Å². The molecule has 0 aliphatic rings. The SMILES string of the molecule is CC(CCn1cnc2ccccc2c1=O)NCCc1ccccc1. The summed E-state index contributed by atoms with van der Waals surface area (Å²) >= 11 is 0. The normalized spacial score (nSPS) is 12.4. The Balaban J connectivity index is 1.52. The molecule has 24 heavy (non-hydrogen) atoms. The predicted octanol–water partition coefficient (Wildman–Crippen LogP) is 3.01. The first kappa shape index (κ1) is 16.4. The third-order valence-electron chi connectivity index (χ3n) is 4.28. The van der Waals surface area contributed by atoms with Gasteiger partial charge in [-0.05, 0) is 44.0 Å². The number of rotatable bonds is 7. The molecule has 1 N–H and O–H groups in total. The first-order valence-electron chi connectivity index (χ1n) is 8.45. The minimum absolute atomic E-state index is 0.0390. The van der Waals surface area contributed by atoms with E-state index in [9.17, 15) is 4.79 Å². The Hall–Kier alpha value is -2.46. The Morgan fingerprint density at radius 1 is 1.08 bits per heavy atom. The molecule has 3 rings (SSSR count). The zero-order chi connectivity index (χ0) is 16.8. The summed E-state index contributed by atoms with van der Waals surface area (Å²) in [5.74, 6) is 0. The molecule has 124 valence electrons. The van der Waals surface area contributed by atoms with Crippen molar-refractivity contribution < 1.29 is 0 Å². The molecular formula is C20H23N3O. The van der Waals surface area contributed by atoms with Crippen molar-refractivity contribution in [2.75, 3.05) is 6.54 Å². The highest BCUT2D eigenvalue weighted by atomic mass is 16.1. The number of para-hydroxylation sites is 1. The summed E-state index contributed by atoms with van der Waals surface area (Å²) in [5.41, 5.74) is 2.14. The van der Waals surface area contributed by atoms with Crippen LogP contribution in [0.4, 0.5) is 0 Å². The summed E-state index contributed by atoms with van der Waals surface area (Å²) in [4.78, 5) is 16.8. The van der Waals surface area contributed by atoms with Crippen LogP contribution < -0.4 is 10.9 Å². The fourth-order valence-corrected chi connectivity index (χ4v) is 2.81. The van der Waals surface area contributed by atoms with Gasteiger partial charge in [0.05, 0.1) is 17.2 Å². The fourth-order valence-electron chi connectivity index (χ4n) is 2.81. The van der Waals surface area contributed by atoms with Crippen LogP contribution in [0.2, 0.25) is 0 Å². The lowest BCUT2D eigenvalue weighted by Gasteiger charge is -2.14. The Morgan fingerprint density at radius 2 is 1.83 bits per heavy atom. The molecule has 0 fully saturated rings. The Labute approximate surface area is 142 Å². The maximum absolute atomic E-state index is 12.4. The molecule has 0 saturated heterocycles. The monoisotopic (exact) mass is 321 g/mol. The van der Waals surface area contributed by atoms with Gasteiger partial charge in [-0.25, -0.2) is 4.98 Å². The highest BCUT2D eigenvalue weighted by molar-refractivity contribution is 5.76. The Bertz CT molecular complexity index is 842. The summed E-state index contributed by atoms with van der Waals surface area (Å²) in [7, 11) is 0. The van der Waals surface area contributed by atoms with Gasteiger partial charge in [0, 0.05) is 12.6 Å². The zero-order valence-corrected chi connectivity index (χ0v) is 14.0. The molecule has 1 heterocycles. The molecule has 0 amide bonds. The first-order valence-corrected chi connectivity index (χ1v) is 8.45. The van der Waals surface area contributed by atoms with Crippen LogP contribution in [0.5, 0.6) is 0 Å². The number of hydrogen-bond donors (Lipinski definition) is 1. The number of nitrogens with zero attached hydrogens (tertiary/aromatic N) is 2. The van der Waals surface area contributed by atoms with E-state index in [1.807, 2.05) is 30.3 Å². The smallest absolute Gasteiger partial charge is 0.261 e. The van der Waals surface area contributed by atoms with Crippen molar-refractivity contribution in [1.29, 1.82) is 0 Å². The van der Waals surface area contributed by atoms with E-state index < -0.39 is 0 Å². The maximum Gasteiger partial charge on any atom is 0.261 e. The van der Waals surface area contributed by atoms with Gasteiger partial charge in [-0.1, -0.05) is 42.5 Å². The number of fused-ring (bicyclic) bond motifs is 1. The van der Waals surface area contributed by atoms with Gasteiger partial charge in [0.1, 0.15) is 0 Å². The molecule has 3 aromatic rings. The van der Waals surface area contributed by atoms with Crippen LogP contribution in [0.3, 0.4) is 0 Å². The molecule has 0 saturated carbocycles. The molecule has 1 unspecified atom stereocenters. The van der Waals surface area contributed by atoms with E-state index in [2.05, 4.69) is 41.5 Å². The lowest BCUT2D eigenvalue weighted by molar-refractivity contribution is 0.473. The molecule has 0 bridgehead atoms. The summed E-state index contributed by atoms with van der Waals surface area (Å²) in [6, 6.07) is 18.3. The number of nitrogens with one attached hydrogen (secondary N) is 1. The highest BCUT2D eigenvalue weighted by Crippen LogP contribution is 2.05. The van der Waals surface area contributed by atoms with Gasteiger partial charge < -0.3 is 5.32 Å². The van der Waals surface area contributed by atoms with E-state index >= 15 is 0 Å². The van der Waals surface area contributed by atoms with Crippen molar-refractivity contribution in [1.82, 2.24) is 14.9 Å². The lowest BCUT2D eigenvalue weighted by Crippen LogP contribution is -2.31. The van der Waals surface area contributed by atoms with Gasteiger partial charge in [0.2, 0.25) is 0 Å². The molecule has 1 aromatic heterocycles. The molecule has 0 aliphatic carbocycles. The molecule has 4 nitrogen and oxygen atoms in total. The molecule has 1 atom stereocenters. The summed E-state index contributed by atoms with van der Waals surface area (Å²) in [6.45, 7) is 3.77. The average Bonchev–Trinajstić information content (AvgIpc) is 2.62. The third kappa shape index (κ3) is 4.09. The van der Waals surface area contributed by atoms with E-state index in [0.29, 0.717) is 18.0 Å². The summed E-state index contributed by atoms with van der Waals surface area (Å²) in [5, 5.41) is 4.21. The van der Waals surface area contributed by atoms with E-state index in [4.69, 9.17) is 0 Å². The van der Waals surface area contributed by atoms with E-state index in [-0.39, 0.29) is 5.56 Å².